The molecule has 0 bridgehead atoms. The highest BCUT2D eigenvalue weighted by atomic mass is 32.2. The predicted molar refractivity (Wildman–Crippen MR) is 149 cm³/mol. The summed E-state index contributed by atoms with van der Waals surface area (Å²) in [5, 5.41) is 18.3. The van der Waals surface area contributed by atoms with Crippen LogP contribution in [0, 0.1) is 0 Å². The molecule has 8 nitrogen and oxygen atoms in total. The molecule has 0 aliphatic carbocycles. The molecule has 3 rings (SSSR count). The SMILES string of the molecule is CN(C)CCCCCCOc1ccc(Sc2ncccc2C(=O)c2cccs2)cc1.O=C(O)/C=C/C(=O)O. The van der Waals surface area contributed by atoms with E-state index in [1.54, 1.807) is 6.20 Å². The average Bonchev–Trinajstić information content (AvgIpc) is 3.43. The van der Waals surface area contributed by atoms with E-state index in [9.17, 15) is 14.4 Å². The minimum absolute atomic E-state index is 0.0196. The Hall–Kier alpha value is -3.47. The van der Waals surface area contributed by atoms with Crippen LogP contribution in [0.2, 0.25) is 0 Å². The van der Waals surface area contributed by atoms with E-state index in [-0.39, 0.29) is 5.78 Å². The third-order valence-corrected chi connectivity index (χ3v) is 6.83. The van der Waals surface area contributed by atoms with Crippen LogP contribution in [-0.2, 0) is 9.59 Å². The Bertz CT molecular complexity index is 1160. The van der Waals surface area contributed by atoms with Gasteiger partial charge < -0.3 is 19.8 Å². The van der Waals surface area contributed by atoms with Crippen molar-refractivity contribution in [2.24, 2.45) is 0 Å². The number of ether oxygens (including phenoxy) is 1. The molecule has 0 spiro atoms. The fraction of sp³-hybridized carbons (Fsp3) is 0.286. The summed E-state index contributed by atoms with van der Waals surface area (Å²) in [7, 11) is 4.22. The zero-order valence-corrected chi connectivity index (χ0v) is 23.0. The molecule has 0 radical (unpaired) electrons. The third kappa shape index (κ3) is 12.2. The van der Waals surface area contributed by atoms with E-state index in [2.05, 4.69) is 24.0 Å². The second-order valence-electron chi connectivity index (χ2n) is 8.31. The number of carbonyl (C=O) groups excluding carboxylic acids is 1. The van der Waals surface area contributed by atoms with Crippen LogP contribution in [0.15, 0.2) is 82.2 Å². The summed E-state index contributed by atoms with van der Waals surface area (Å²) in [4.78, 5) is 40.3. The van der Waals surface area contributed by atoms with Gasteiger partial charge >= 0.3 is 11.9 Å². The summed E-state index contributed by atoms with van der Waals surface area (Å²) in [6.07, 6.45) is 7.60. The van der Waals surface area contributed by atoms with Crippen LogP contribution in [-0.4, -0.2) is 65.1 Å². The van der Waals surface area contributed by atoms with Crippen molar-refractivity contribution in [1.82, 2.24) is 9.88 Å². The number of carbonyl (C=O) groups is 3. The van der Waals surface area contributed by atoms with E-state index in [0.29, 0.717) is 17.7 Å². The fourth-order valence-corrected chi connectivity index (χ4v) is 4.67. The van der Waals surface area contributed by atoms with Gasteiger partial charge in [0.05, 0.1) is 17.0 Å². The maximum absolute atomic E-state index is 12.8. The van der Waals surface area contributed by atoms with Crippen LogP contribution in [0.1, 0.15) is 40.9 Å². The van der Waals surface area contributed by atoms with Gasteiger partial charge in [-0.15, -0.1) is 11.3 Å². The lowest BCUT2D eigenvalue weighted by Crippen LogP contribution is -2.12. The first-order chi connectivity index (χ1) is 18.3. The summed E-state index contributed by atoms with van der Waals surface area (Å²) < 4.78 is 5.86. The van der Waals surface area contributed by atoms with Gasteiger partial charge in [0.25, 0.3) is 0 Å². The quantitative estimate of drug-likeness (QED) is 0.146. The molecule has 0 aliphatic heterocycles. The largest absolute Gasteiger partial charge is 0.494 e. The average molecular weight is 557 g/mol. The van der Waals surface area contributed by atoms with Crippen LogP contribution >= 0.6 is 23.1 Å². The first-order valence-corrected chi connectivity index (χ1v) is 13.7. The van der Waals surface area contributed by atoms with E-state index in [1.165, 1.54) is 42.4 Å². The molecule has 0 fully saturated rings. The van der Waals surface area contributed by atoms with Crippen molar-refractivity contribution < 1.29 is 29.3 Å². The van der Waals surface area contributed by atoms with Crippen LogP contribution in [0.25, 0.3) is 0 Å². The zero-order chi connectivity index (χ0) is 27.8. The van der Waals surface area contributed by atoms with Crippen LogP contribution in [0.4, 0.5) is 0 Å². The summed E-state index contributed by atoms with van der Waals surface area (Å²) >= 11 is 2.95. The van der Waals surface area contributed by atoms with Gasteiger partial charge in [0, 0.05) is 23.2 Å². The Balaban J connectivity index is 0.000000550. The van der Waals surface area contributed by atoms with Crippen LogP contribution in [0.5, 0.6) is 5.75 Å². The number of pyridine rings is 1. The maximum Gasteiger partial charge on any atom is 0.328 e. The Labute approximate surface area is 231 Å². The van der Waals surface area contributed by atoms with Crippen molar-refractivity contribution >= 4 is 40.8 Å². The molecule has 0 unspecified atom stereocenters. The van der Waals surface area contributed by atoms with Gasteiger partial charge in [-0.05, 0) is 81.3 Å². The Kier molecular flexibility index (Phi) is 13.9. The second-order valence-corrected chi connectivity index (χ2v) is 10.3. The highest BCUT2D eigenvalue weighted by molar-refractivity contribution is 7.99. The molecule has 1 aromatic carbocycles. The van der Waals surface area contributed by atoms with Crippen molar-refractivity contribution in [2.75, 3.05) is 27.2 Å². The Morgan fingerprint density at radius 1 is 0.947 bits per heavy atom. The fourth-order valence-electron chi connectivity index (χ4n) is 3.12. The minimum atomic E-state index is -1.26. The minimum Gasteiger partial charge on any atom is -0.494 e. The monoisotopic (exact) mass is 556 g/mol. The molecule has 3 aromatic rings. The van der Waals surface area contributed by atoms with Gasteiger partial charge in [0.1, 0.15) is 10.8 Å². The van der Waals surface area contributed by atoms with E-state index >= 15 is 0 Å². The topological polar surface area (TPSA) is 117 Å². The van der Waals surface area contributed by atoms with E-state index in [0.717, 1.165) is 40.1 Å². The molecule has 10 heteroatoms. The molecule has 0 aliphatic rings. The highest BCUT2D eigenvalue weighted by Crippen LogP contribution is 2.31. The summed E-state index contributed by atoms with van der Waals surface area (Å²) in [6, 6.07) is 15.4. The maximum atomic E-state index is 12.8. The number of hydrogen-bond acceptors (Lipinski definition) is 8. The standard InChI is InChI=1S/C24H28N2O2S2.C4H4O4/c1-26(2)16-5-3-4-6-17-28-19-11-13-20(14-12-19)30-24-21(9-7-15-25-24)23(27)22-10-8-18-29-22;5-3(6)1-2-4(7)8/h7-15,18H,3-6,16-17H2,1-2H3;1-2H,(H,5,6)(H,7,8)/b;2-1+. The Morgan fingerprint density at radius 3 is 2.24 bits per heavy atom. The molecule has 202 valence electrons. The van der Waals surface area contributed by atoms with Gasteiger partial charge in [-0.3, -0.25) is 4.79 Å². The smallest absolute Gasteiger partial charge is 0.328 e. The number of unbranched alkanes of at least 4 members (excludes halogenated alkanes) is 3. The van der Waals surface area contributed by atoms with E-state index in [1.807, 2.05) is 53.9 Å². The number of nitrogens with zero attached hydrogens (tertiary/aromatic N) is 2. The molecule has 2 heterocycles. The lowest BCUT2D eigenvalue weighted by atomic mass is 10.1. The van der Waals surface area contributed by atoms with Crippen molar-refractivity contribution in [3.05, 3.63) is 82.7 Å². The van der Waals surface area contributed by atoms with Gasteiger partial charge in [-0.2, -0.15) is 0 Å². The lowest BCUT2D eigenvalue weighted by Gasteiger charge is -2.10. The second kappa shape index (κ2) is 17.1. The summed E-state index contributed by atoms with van der Waals surface area (Å²) in [5.41, 5.74) is 0.638. The zero-order valence-electron chi connectivity index (χ0n) is 21.4. The van der Waals surface area contributed by atoms with Crippen LogP contribution < -0.4 is 4.74 Å². The molecule has 0 amide bonds. The molecule has 0 saturated carbocycles. The number of carboxylic acid groups (broad SMARTS) is 2. The number of ketones is 1. The summed E-state index contributed by atoms with van der Waals surface area (Å²) in [6.45, 7) is 1.89. The Morgan fingerprint density at radius 2 is 1.63 bits per heavy atom. The first kappa shape index (κ1) is 30.8. The van der Waals surface area contributed by atoms with Crippen molar-refractivity contribution in [1.29, 1.82) is 0 Å². The normalized spacial score (nSPS) is 10.7. The van der Waals surface area contributed by atoms with Gasteiger partial charge in [-0.25, -0.2) is 14.6 Å². The third-order valence-electron chi connectivity index (χ3n) is 4.94. The van der Waals surface area contributed by atoms with E-state index in [4.69, 9.17) is 14.9 Å². The highest BCUT2D eigenvalue weighted by Gasteiger charge is 2.16. The molecule has 0 atom stereocenters. The molecule has 2 N–H and O–H groups in total. The molecule has 0 saturated heterocycles. The van der Waals surface area contributed by atoms with Gasteiger partial charge in [0.2, 0.25) is 5.78 Å². The molecular weight excluding hydrogens is 524 g/mol. The number of benzene rings is 1. The molecule has 38 heavy (non-hydrogen) atoms. The number of carboxylic acids is 2. The number of hydrogen-bond donors (Lipinski definition) is 2. The molecule has 2 aromatic heterocycles. The van der Waals surface area contributed by atoms with Crippen LogP contribution in [0.3, 0.4) is 0 Å². The lowest BCUT2D eigenvalue weighted by molar-refractivity contribution is -0.134. The van der Waals surface area contributed by atoms with Crippen molar-refractivity contribution in [3.63, 3.8) is 0 Å². The van der Waals surface area contributed by atoms with Gasteiger partial charge in [-0.1, -0.05) is 30.7 Å². The molecular formula is C28H32N2O6S2. The summed E-state index contributed by atoms with van der Waals surface area (Å²) in [5.74, 6) is -1.62. The van der Waals surface area contributed by atoms with Crippen molar-refractivity contribution in [2.45, 2.75) is 35.6 Å². The first-order valence-electron chi connectivity index (χ1n) is 12.0. The van der Waals surface area contributed by atoms with Gasteiger partial charge in [0.15, 0.2) is 0 Å². The number of aromatic nitrogens is 1. The number of aliphatic carboxylic acids is 2. The predicted octanol–water partition coefficient (Wildman–Crippen LogP) is 5.74. The van der Waals surface area contributed by atoms with Crippen molar-refractivity contribution in [3.8, 4) is 5.75 Å². The number of thiophene rings is 1. The number of rotatable bonds is 14. The van der Waals surface area contributed by atoms with E-state index < -0.39 is 11.9 Å².